The van der Waals surface area contributed by atoms with Crippen molar-refractivity contribution < 1.29 is 0 Å². The summed E-state index contributed by atoms with van der Waals surface area (Å²) >= 11 is 5.02. The molecule has 2 N–H and O–H groups in total. The van der Waals surface area contributed by atoms with E-state index >= 15 is 0 Å². The molecule has 0 aromatic carbocycles. The molecule has 0 unspecified atom stereocenters. The number of thioether (sulfide) groups is 1. The predicted octanol–water partition coefficient (Wildman–Crippen LogP) is 2.07. The van der Waals surface area contributed by atoms with Gasteiger partial charge >= 0.3 is 0 Å². The van der Waals surface area contributed by atoms with Gasteiger partial charge in [0.2, 0.25) is 0 Å². The number of rotatable bonds is 3. The molecule has 0 aliphatic rings. The lowest BCUT2D eigenvalue weighted by molar-refractivity contribution is 1.03. The van der Waals surface area contributed by atoms with Crippen LogP contribution in [0.5, 0.6) is 0 Å². The van der Waals surface area contributed by atoms with Crippen molar-refractivity contribution in [2.24, 2.45) is 0 Å². The molecule has 1 aromatic heterocycles. The lowest BCUT2D eigenvalue weighted by Crippen LogP contribution is -1.98. The Labute approximate surface area is 84.3 Å². The Morgan fingerprint density at radius 2 is 2.42 bits per heavy atom. The summed E-state index contributed by atoms with van der Waals surface area (Å²) < 4.78 is 0.757. The van der Waals surface area contributed by atoms with E-state index in [1.807, 2.05) is 0 Å². The Hall–Kier alpha value is -0.290. The maximum Gasteiger partial charge on any atom is 0.141 e. The smallest absolute Gasteiger partial charge is 0.141 e. The van der Waals surface area contributed by atoms with Crippen molar-refractivity contribution in [1.82, 2.24) is 9.97 Å². The van der Waals surface area contributed by atoms with Crippen LogP contribution in [0.3, 0.4) is 0 Å². The molecule has 5 heteroatoms. The van der Waals surface area contributed by atoms with Crippen molar-refractivity contribution in [2.75, 3.05) is 11.5 Å². The molecule has 0 radical (unpaired) electrons. The van der Waals surface area contributed by atoms with E-state index in [-0.39, 0.29) is 0 Å². The summed E-state index contributed by atoms with van der Waals surface area (Å²) in [5.41, 5.74) is 5.59. The topological polar surface area (TPSA) is 51.8 Å². The predicted molar refractivity (Wildman–Crippen MR) is 56.0 cm³/mol. The minimum absolute atomic E-state index is 0.511. The largest absolute Gasteiger partial charge is 0.383 e. The minimum atomic E-state index is 0.511. The van der Waals surface area contributed by atoms with E-state index < -0.39 is 0 Å². The number of aromatic nitrogens is 2. The molecule has 1 heterocycles. The van der Waals surface area contributed by atoms with Gasteiger partial charge in [-0.2, -0.15) is 11.8 Å². The highest BCUT2D eigenvalue weighted by Gasteiger charge is 2.00. The summed E-state index contributed by atoms with van der Waals surface area (Å²) in [6, 6.07) is 0. The third-order valence-electron chi connectivity index (χ3n) is 1.26. The van der Waals surface area contributed by atoms with Crippen molar-refractivity contribution in [3.63, 3.8) is 0 Å². The second-order valence-corrected chi connectivity index (χ2v) is 4.29. The summed E-state index contributed by atoms with van der Waals surface area (Å²) in [6.45, 7) is 2.10. The highest BCUT2D eigenvalue weighted by molar-refractivity contribution is 9.10. The second kappa shape index (κ2) is 4.67. The van der Waals surface area contributed by atoms with E-state index in [1.165, 1.54) is 0 Å². The van der Waals surface area contributed by atoms with Crippen LogP contribution in [0.15, 0.2) is 10.7 Å². The normalized spacial score (nSPS) is 10.2. The molecule has 1 rings (SSSR count). The fourth-order valence-electron chi connectivity index (χ4n) is 0.682. The van der Waals surface area contributed by atoms with Gasteiger partial charge in [-0.1, -0.05) is 6.92 Å². The van der Waals surface area contributed by atoms with Gasteiger partial charge in [0.25, 0.3) is 0 Å². The average molecular weight is 248 g/mol. The first kappa shape index (κ1) is 9.80. The first-order valence-electron chi connectivity index (χ1n) is 3.58. The molecule has 0 spiro atoms. The molecule has 0 saturated carbocycles. The van der Waals surface area contributed by atoms with Crippen molar-refractivity contribution >= 4 is 33.5 Å². The standard InChI is InChI=1S/C7H10BrN3S/c1-2-12-4-6-10-3-5(8)7(9)11-6/h3H,2,4H2,1H3,(H2,9,10,11). The SMILES string of the molecule is CCSCc1ncc(Br)c(N)n1. The number of nitrogens with two attached hydrogens (primary N) is 1. The van der Waals surface area contributed by atoms with Crippen molar-refractivity contribution in [2.45, 2.75) is 12.7 Å². The average Bonchev–Trinajstić information content (AvgIpc) is 2.07. The first-order chi connectivity index (χ1) is 5.74. The van der Waals surface area contributed by atoms with Crippen LogP contribution in [0, 0.1) is 0 Å². The van der Waals surface area contributed by atoms with Crippen molar-refractivity contribution in [1.29, 1.82) is 0 Å². The van der Waals surface area contributed by atoms with Crippen LogP contribution < -0.4 is 5.73 Å². The zero-order valence-corrected chi connectivity index (χ0v) is 9.15. The quantitative estimate of drug-likeness (QED) is 0.889. The van der Waals surface area contributed by atoms with Gasteiger partial charge in [0.05, 0.1) is 10.2 Å². The van der Waals surface area contributed by atoms with E-state index in [0.29, 0.717) is 5.82 Å². The molecular formula is C7H10BrN3S. The maximum atomic E-state index is 5.59. The maximum absolute atomic E-state index is 5.59. The Morgan fingerprint density at radius 3 is 3.00 bits per heavy atom. The van der Waals surface area contributed by atoms with Crippen LogP contribution in [0.1, 0.15) is 12.7 Å². The summed E-state index contributed by atoms with van der Waals surface area (Å²) in [6.07, 6.45) is 1.69. The monoisotopic (exact) mass is 247 g/mol. The Morgan fingerprint density at radius 1 is 1.67 bits per heavy atom. The lowest BCUT2D eigenvalue weighted by Gasteiger charge is -2.00. The van der Waals surface area contributed by atoms with Gasteiger partial charge in [0.15, 0.2) is 0 Å². The zero-order valence-electron chi connectivity index (χ0n) is 6.75. The molecule has 1 aromatic rings. The Bertz CT molecular complexity index is 267. The van der Waals surface area contributed by atoms with Gasteiger partial charge in [-0.15, -0.1) is 0 Å². The van der Waals surface area contributed by atoms with E-state index in [2.05, 4.69) is 32.8 Å². The highest BCUT2D eigenvalue weighted by Crippen LogP contribution is 2.16. The number of anilines is 1. The first-order valence-corrected chi connectivity index (χ1v) is 5.53. The molecule has 0 amide bonds. The summed E-state index contributed by atoms with van der Waals surface area (Å²) in [5.74, 6) is 3.20. The molecule has 12 heavy (non-hydrogen) atoms. The second-order valence-electron chi connectivity index (χ2n) is 2.16. The summed E-state index contributed by atoms with van der Waals surface area (Å²) in [4.78, 5) is 8.23. The molecule has 0 aliphatic carbocycles. The molecule has 66 valence electrons. The Balaban J connectivity index is 2.69. The van der Waals surface area contributed by atoms with Crippen LogP contribution in [-0.4, -0.2) is 15.7 Å². The minimum Gasteiger partial charge on any atom is -0.383 e. The fourth-order valence-corrected chi connectivity index (χ4v) is 1.40. The van der Waals surface area contributed by atoms with Crippen LogP contribution in [-0.2, 0) is 5.75 Å². The van der Waals surface area contributed by atoms with Gasteiger partial charge in [0.1, 0.15) is 11.6 Å². The number of hydrogen-bond donors (Lipinski definition) is 1. The van der Waals surface area contributed by atoms with E-state index in [4.69, 9.17) is 5.73 Å². The zero-order chi connectivity index (χ0) is 8.97. The fraction of sp³-hybridized carbons (Fsp3) is 0.429. The van der Waals surface area contributed by atoms with Gasteiger partial charge in [-0.05, 0) is 21.7 Å². The third kappa shape index (κ3) is 2.64. The third-order valence-corrected chi connectivity index (χ3v) is 2.74. The molecule has 3 nitrogen and oxygen atoms in total. The van der Waals surface area contributed by atoms with Crippen LogP contribution >= 0.6 is 27.7 Å². The molecule has 0 saturated heterocycles. The number of halogens is 1. The van der Waals surface area contributed by atoms with Gasteiger partial charge in [-0.25, -0.2) is 9.97 Å². The molecule has 0 fully saturated rings. The van der Waals surface area contributed by atoms with Crippen molar-refractivity contribution in [3.05, 3.63) is 16.5 Å². The van der Waals surface area contributed by atoms with E-state index in [1.54, 1.807) is 18.0 Å². The number of nitrogen functional groups attached to an aromatic ring is 1. The summed E-state index contributed by atoms with van der Waals surface area (Å²) in [5, 5.41) is 0. The van der Waals surface area contributed by atoms with Gasteiger partial charge in [0, 0.05) is 6.20 Å². The molecule has 0 bridgehead atoms. The number of hydrogen-bond acceptors (Lipinski definition) is 4. The molecular weight excluding hydrogens is 238 g/mol. The van der Waals surface area contributed by atoms with Crippen LogP contribution in [0.4, 0.5) is 5.82 Å². The van der Waals surface area contributed by atoms with Crippen molar-refractivity contribution in [3.8, 4) is 0 Å². The van der Waals surface area contributed by atoms with E-state index in [9.17, 15) is 0 Å². The molecule has 0 atom stereocenters. The van der Waals surface area contributed by atoms with E-state index in [0.717, 1.165) is 21.8 Å². The Kier molecular flexibility index (Phi) is 3.81. The van der Waals surface area contributed by atoms with Gasteiger partial charge < -0.3 is 5.73 Å². The van der Waals surface area contributed by atoms with Crippen LogP contribution in [0.25, 0.3) is 0 Å². The van der Waals surface area contributed by atoms with Gasteiger partial charge in [-0.3, -0.25) is 0 Å². The van der Waals surface area contributed by atoms with Crippen LogP contribution in [0.2, 0.25) is 0 Å². The molecule has 0 aliphatic heterocycles. The number of nitrogens with zero attached hydrogens (tertiary/aromatic N) is 2. The summed E-state index contributed by atoms with van der Waals surface area (Å²) in [7, 11) is 0. The highest BCUT2D eigenvalue weighted by atomic mass is 79.9. The lowest BCUT2D eigenvalue weighted by atomic mass is 10.5.